The fraction of sp³-hybridized carbons (Fsp3) is 0.250. The van der Waals surface area contributed by atoms with Crippen molar-refractivity contribution in [1.82, 2.24) is 4.57 Å². The van der Waals surface area contributed by atoms with Gasteiger partial charge in [-0.2, -0.15) is 13.2 Å². The number of carbonyl (C=O) groups excluding carboxylic acids is 3. The number of amides is 3. The summed E-state index contributed by atoms with van der Waals surface area (Å²) in [7, 11) is 1.51. The molecular weight excluding hydrogens is 659 g/mol. The number of aromatic hydroxyl groups is 1. The van der Waals surface area contributed by atoms with Gasteiger partial charge in [-0.1, -0.05) is 35.2 Å². The van der Waals surface area contributed by atoms with Crippen LogP contribution in [0.1, 0.15) is 28.8 Å². The fourth-order valence-electron chi connectivity index (χ4n) is 5.70. The van der Waals surface area contributed by atoms with E-state index in [4.69, 9.17) is 9.47 Å². The number of benzene rings is 3. The molecule has 2 aliphatic heterocycles. The normalized spacial score (nSPS) is 18.9. The van der Waals surface area contributed by atoms with E-state index in [1.165, 1.54) is 35.9 Å². The number of halogens is 3. The van der Waals surface area contributed by atoms with Crippen LogP contribution in [0.25, 0.3) is 0 Å². The predicted octanol–water partition coefficient (Wildman–Crippen LogP) is 5.48. The highest BCUT2D eigenvalue weighted by molar-refractivity contribution is 8.00. The number of aromatic nitrogens is 1. The van der Waals surface area contributed by atoms with Gasteiger partial charge >= 0.3 is 11.0 Å². The van der Waals surface area contributed by atoms with Gasteiger partial charge in [-0.05, 0) is 67.1 Å². The first-order chi connectivity index (χ1) is 22.4. The third-order valence-corrected chi connectivity index (χ3v) is 10.4. The topological polar surface area (TPSA) is 127 Å². The molecule has 3 heterocycles. The van der Waals surface area contributed by atoms with Gasteiger partial charge in [0.1, 0.15) is 17.5 Å². The van der Waals surface area contributed by atoms with Crippen molar-refractivity contribution in [2.24, 2.45) is 5.92 Å². The van der Waals surface area contributed by atoms with Crippen molar-refractivity contribution in [3.8, 4) is 17.2 Å². The number of thiazole rings is 1. The number of hydrogen-bond donors (Lipinski definition) is 2. The van der Waals surface area contributed by atoms with Crippen molar-refractivity contribution in [2.75, 3.05) is 23.9 Å². The summed E-state index contributed by atoms with van der Waals surface area (Å²) in [5.41, 5.74) is -0.361. The Balaban J connectivity index is 1.42. The van der Waals surface area contributed by atoms with Gasteiger partial charge in [0.25, 0.3) is 0 Å². The summed E-state index contributed by atoms with van der Waals surface area (Å²) in [6.07, 6.45) is -4.71. The molecule has 3 atom stereocenters. The molecule has 4 aromatic rings. The number of alkyl halides is 3. The summed E-state index contributed by atoms with van der Waals surface area (Å²) in [6, 6.07) is 14.9. The number of nitrogens with one attached hydrogen (secondary N) is 1. The van der Waals surface area contributed by atoms with Crippen LogP contribution in [0, 0.1) is 5.92 Å². The highest BCUT2D eigenvalue weighted by atomic mass is 32.2. The summed E-state index contributed by atoms with van der Waals surface area (Å²) in [6.45, 7) is 1.52. The van der Waals surface area contributed by atoms with Gasteiger partial charge in [-0.25, -0.2) is 4.90 Å². The molecule has 244 valence electrons. The third-order valence-electron chi connectivity index (χ3n) is 7.80. The second-order valence-electron chi connectivity index (χ2n) is 10.7. The Morgan fingerprint density at radius 1 is 1.02 bits per heavy atom. The lowest BCUT2D eigenvalue weighted by atomic mass is 9.83. The molecule has 2 aliphatic rings. The number of nitrogens with zero attached hydrogens (tertiary/aromatic N) is 2. The van der Waals surface area contributed by atoms with Crippen molar-refractivity contribution in [3.63, 3.8) is 0 Å². The minimum absolute atomic E-state index is 0.110. The monoisotopic (exact) mass is 685 g/mol. The Hall–Kier alpha value is -4.76. The van der Waals surface area contributed by atoms with Gasteiger partial charge < -0.3 is 19.9 Å². The number of phenols is 1. The fourth-order valence-corrected chi connectivity index (χ4v) is 8.48. The number of thioether (sulfide) groups is 1. The first-order valence-corrected chi connectivity index (χ1v) is 16.0. The minimum Gasteiger partial charge on any atom is -0.504 e. The first-order valence-electron chi connectivity index (χ1n) is 14.3. The van der Waals surface area contributed by atoms with E-state index in [1.54, 1.807) is 31.2 Å². The number of anilines is 2. The van der Waals surface area contributed by atoms with E-state index in [2.05, 4.69) is 5.32 Å². The molecule has 1 aromatic heterocycles. The summed E-state index contributed by atoms with van der Waals surface area (Å²) >= 11 is 1.73. The van der Waals surface area contributed by atoms with Crippen molar-refractivity contribution < 1.29 is 42.1 Å². The highest BCUT2D eigenvalue weighted by Gasteiger charge is 2.57. The average Bonchev–Trinajstić information content (AvgIpc) is 3.48. The number of hydrogen-bond acceptors (Lipinski definition) is 9. The second-order valence-corrected chi connectivity index (χ2v) is 12.8. The number of carbonyl (C=O) groups is 3. The Bertz CT molecular complexity index is 1940. The molecule has 0 radical (unpaired) electrons. The van der Waals surface area contributed by atoms with Crippen LogP contribution >= 0.6 is 23.1 Å². The Kier molecular flexibility index (Phi) is 8.53. The van der Waals surface area contributed by atoms with Gasteiger partial charge in [-0.15, -0.1) is 0 Å². The van der Waals surface area contributed by atoms with E-state index in [-0.39, 0.29) is 28.8 Å². The van der Waals surface area contributed by atoms with Crippen LogP contribution in [-0.2, 0) is 27.1 Å². The highest BCUT2D eigenvalue weighted by Crippen LogP contribution is 2.54. The second kappa shape index (κ2) is 12.4. The van der Waals surface area contributed by atoms with E-state index < -0.39 is 58.0 Å². The van der Waals surface area contributed by atoms with Gasteiger partial charge in [0, 0.05) is 16.5 Å². The molecule has 3 amide bonds. The maximum atomic E-state index is 14.1. The number of methoxy groups -OCH3 is 1. The van der Waals surface area contributed by atoms with Crippen molar-refractivity contribution >= 4 is 52.2 Å². The van der Waals surface area contributed by atoms with Crippen molar-refractivity contribution in [1.29, 1.82) is 0 Å². The molecule has 6 rings (SSSR count). The van der Waals surface area contributed by atoms with Gasteiger partial charge in [0.2, 0.25) is 17.7 Å². The van der Waals surface area contributed by atoms with E-state index in [1.807, 2.05) is 0 Å². The minimum atomic E-state index is -4.71. The zero-order valence-electron chi connectivity index (χ0n) is 24.7. The molecule has 0 saturated carbocycles. The number of phenolic OH excluding ortho intramolecular Hbond substituents is 1. The number of fused-ring (bicyclic) bond motifs is 2. The van der Waals surface area contributed by atoms with E-state index >= 15 is 0 Å². The lowest BCUT2D eigenvalue weighted by molar-refractivity contribution is -0.137. The number of imide groups is 1. The maximum Gasteiger partial charge on any atom is 0.416 e. The molecule has 15 heteroatoms. The van der Waals surface area contributed by atoms with Crippen LogP contribution in [0.3, 0.4) is 0 Å². The standard InChI is InChI=1S/C32H26F3N3O7S2/c1-3-45-22-13-16(7-12-21(22)39)24-25-26(29(42)38(28(25)41)19-6-4-5-17(14-19)32(33,34)35)46-30-27(24)47-31(43)37(30)15-23(40)36-18-8-10-20(44-2)11-9-18/h4-14,24-26,39H,3,15H2,1-2H3,(H,36,40)/t24-,25?,26?/m0/s1. The Morgan fingerprint density at radius 3 is 2.45 bits per heavy atom. The van der Waals surface area contributed by atoms with Gasteiger partial charge in [0.15, 0.2) is 11.5 Å². The number of rotatable bonds is 8. The summed E-state index contributed by atoms with van der Waals surface area (Å²) < 4.78 is 52.6. The third kappa shape index (κ3) is 5.96. The van der Waals surface area contributed by atoms with E-state index in [0.717, 1.165) is 46.2 Å². The largest absolute Gasteiger partial charge is 0.504 e. The molecule has 1 saturated heterocycles. The van der Waals surface area contributed by atoms with Crippen molar-refractivity contribution in [2.45, 2.75) is 35.8 Å². The molecule has 0 bridgehead atoms. The number of ether oxygens (including phenoxy) is 2. The molecular formula is C32H26F3N3O7S2. The average molecular weight is 686 g/mol. The van der Waals surface area contributed by atoms with E-state index in [9.17, 15) is 37.5 Å². The van der Waals surface area contributed by atoms with E-state index in [0.29, 0.717) is 21.9 Å². The molecule has 3 aromatic carbocycles. The van der Waals surface area contributed by atoms with Crippen LogP contribution in [0.5, 0.6) is 17.2 Å². The van der Waals surface area contributed by atoms with Crippen LogP contribution in [0.4, 0.5) is 24.5 Å². The molecule has 1 fully saturated rings. The lowest BCUT2D eigenvalue weighted by Gasteiger charge is -2.31. The molecule has 47 heavy (non-hydrogen) atoms. The SMILES string of the molecule is CCOc1cc([C@@H]2c3sc(=O)n(CC(=O)Nc4ccc(OC)cc4)c3SC3C(=O)N(c4cccc(C(F)(F)F)c4)C(=O)C32)ccc1O. The van der Waals surface area contributed by atoms with Crippen LogP contribution in [0.2, 0.25) is 0 Å². The van der Waals surface area contributed by atoms with Gasteiger partial charge in [-0.3, -0.25) is 23.7 Å². The summed E-state index contributed by atoms with van der Waals surface area (Å²) in [4.78, 5) is 55.1. The molecule has 2 N–H and O–H groups in total. The molecule has 2 unspecified atom stereocenters. The summed E-state index contributed by atoms with van der Waals surface area (Å²) in [5, 5.41) is 12.2. The molecule has 0 aliphatic carbocycles. The van der Waals surface area contributed by atoms with Gasteiger partial charge in [0.05, 0.1) is 35.9 Å². The Labute approximate surface area is 273 Å². The maximum absolute atomic E-state index is 14.1. The van der Waals surface area contributed by atoms with Crippen LogP contribution in [0.15, 0.2) is 76.6 Å². The smallest absolute Gasteiger partial charge is 0.416 e. The van der Waals surface area contributed by atoms with Crippen LogP contribution in [-0.4, -0.2) is 46.4 Å². The predicted molar refractivity (Wildman–Crippen MR) is 168 cm³/mol. The zero-order chi connectivity index (χ0) is 33.6. The Morgan fingerprint density at radius 2 is 1.77 bits per heavy atom. The van der Waals surface area contributed by atoms with Crippen LogP contribution < -0.4 is 24.6 Å². The quantitative estimate of drug-likeness (QED) is 0.234. The van der Waals surface area contributed by atoms with Crippen molar-refractivity contribution in [3.05, 3.63) is 92.4 Å². The summed E-state index contributed by atoms with van der Waals surface area (Å²) in [5.74, 6) is -3.54. The molecule has 10 nitrogen and oxygen atoms in total. The lowest BCUT2D eigenvalue weighted by Crippen LogP contribution is -2.33. The molecule has 0 spiro atoms. The first kappa shape index (κ1) is 32.2. The zero-order valence-corrected chi connectivity index (χ0v) is 26.4.